The third kappa shape index (κ3) is 2.85. The van der Waals surface area contributed by atoms with Gasteiger partial charge in [-0.25, -0.2) is 9.97 Å². The van der Waals surface area contributed by atoms with Gasteiger partial charge in [0.1, 0.15) is 12.1 Å². The molecule has 21 heavy (non-hydrogen) atoms. The van der Waals surface area contributed by atoms with Gasteiger partial charge in [-0.1, -0.05) is 25.7 Å². The van der Waals surface area contributed by atoms with Crippen LogP contribution in [0.1, 0.15) is 38.5 Å². The smallest absolute Gasteiger partial charge is 0.311 e. The Morgan fingerprint density at radius 3 is 2.76 bits per heavy atom. The lowest BCUT2D eigenvalue weighted by atomic mass is 9.80. The first-order valence-corrected chi connectivity index (χ1v) is 8.25. The molecule has 0 atom stereocenters. The van der Waals surface area contributed by atoms with Gasteiger partial charge in [0, 0.05) is 6.54 Å². The molecule has 6 heteroatoms. The number of hydrogen-bond donors (Lipinski definition) is 2. The molecule has 0 spiro atoms. The average molecular weight is 305 g/mol. The molecule has 0 bridgehead atoms. The molecule has 0 radical (unpaired) electrons. The van der Waals surface area contributed by atoms with E-state index in [1.165, 1.54) is 6.33 Å². The fraction of sp³-hybridized carbons (Fsp3) is 0.533. The minimum atomic E-state index is -0.687. The first-order valence-electron chi connectivity index (χ1n) is 7.37. The van der Waals surface area contributed by atoms with Gasteiger partial charge in [0.25, 0.3) is 0 Å². The minimum Gasteiger partial charge on any atom is -0.481 e. The molecule has 1 aliphatic carbocycles. The zero-order valence-electron chi connectivity index (χ0n) is 11.8. The largest absolute Gasteiger partial charge is 0.481 e. The lowest BCUT2D eigenvalue weighted by Gasteiger charge is -2.28. The van der Waals surface area contributed by atoms with E-state index in [1.807, 2.05) is 11.4 Å². The summed E-state index contributed by atoms with van der Waals surface area (Å²) in [6.07, 6.45) is 7.27. The van der Waals surface area contributed by atoms with Crippen LogP contribution in [-0.2, 0) is 4.79 Å². The van der Waals surface area contributed by atoms with E-state index in [-0.39, 0.29) is 0 Å². The predicted molar refractivity (Wildman–Crippen MR) is 83.7 cm³/mol. The Balaban J connectivity index is 1.80. The topological polar surface area (TPSA) is 75.1 Å². The normalized spacial score (nSPS) is 18.3. The van der Waals surface area contributed by atoms with E-state index < -0.39 is 11.4 Å². The first kappa shape index (κ1) is 14.3. The number of nitrogens with zero attached hydrogens (tertiary/aromatic N) is 2. The van der Waals surface area contributed by atoms with E-state index >= 15 is 0 Å². The van der Waals surface area contributed by atoms with E-state index in [9.17, 15) is 9.90 Å². The second-order valence-corrected chi connectivity index (χ2v) is 6.63. The summed E-state index contributed by atoms with van der Waals surface area (Å²) < 4.78 is 0.992. The van der Waals surface area contributed by atoms with Crippen LogP contribution in [0.25, 0.3) is 10.2 Å². The summed E-state index contributed by atoms with van der Waals surface area (Å²) in [4.78, 5) is 20.3. The van der Waals surface area contributed by atoms with Crippen molar-refractivity contribution in [2.75, 3.05) is 11.9 Å². The molecular weight excluding hydrogens is 286 g/mol. The van der Waals surface area contributed by atoms with Crippen LogP contribution in [0.4, 0.5) is 5.82 Å². The van der Waals surface area contributed by atoms with Crippen molar-refractivity contribution in [3.05, 3.63) is 17.8 Å². The lowest BCUT2D eigenvalue weighted by Crippen LogP contribution is -2.37. The van der Waals surface area contributed by atoms with Crippen molar-refractivity contribution in [2.24, 2.45) is 5.41 Å². The van der Waals surface area contributed by atoms with Crippen LogP contribution in [-0.4, -0.2) is 27.6 Å². The Hall–Kier alpha value is -1.69. The van der Waals surface area contributed by atoms with Gasteiger partial charge in [0.2, 0.25) is 0 Å². The monoisotopic (exact) mass is 305 g/mol. The third-order valence-electron chi connectivity index (χ3n) is 4.35. The summed E-state index contributed by atoms with van der Waals surface area (Å²) in [5.74, 6) is 0.0632. The Morgan fingerprint density at radius 2 is 2.05 bits per heavy atom. The van der Waals surface area contributed by atoms with Crippen molar-refractivity contribution in [1.82, 2.24) is 9.97 Å². The van der Waals surface area contributed by atoms with E-state index in [2.05, 4.69) is 15.3 Å². The molecule has 5 nitrogen and oxygen atoms in total. The second kappa shape index (κ2) is 5.97. The molecule has 2 aromatic rings. The number of aromatic nitrogens is 2. The molecule has 1 fully saturated rings. The maximum Gasteiger partial charge on any atom is 0.311 e. The van der Waals surface area contributed by atoms with Gasteiger partial charge in [-0.2, -0.15) is 0 Å². The van der Waals surface area contributed by atoms with Crippen LogP contribution in [0.15, 0.2) is 17.8 Å². The highest BCUT2D eigenvalue weighted by Crippen LogP contribution is 2.36. The van der Waals surface area contributed by atoms with E-state index in [0.29, 0.717) is 6.54 Å². The Morgan fingerprint density at radius 1 is 1.29 bits per heavy atom. The third-order valence-corrected chi connectivity index (χ3v) is 5.26. The molecule has 1 saturated carbocycles. The molecule has 0 aliphatic heterocycles. The van der Waals surface area contributed by atoms with Crippen molar-refractivity contribution in [3.63, 3.8) is 0 Å². The van der Waals surface area contributed by atoms with Crippen molar-refractivity contribution >= 4 is 33.3 Å². The van der Waals surface area contributed by atoms with Gasteiger partial charge in [-0.05, 0) is 24.3 Å². The molecule has 0 amide bonds. The van der Waals surface area contributed by atoms with Crippen LogP contribution in [0.2, 0.25) is 0 Å². The minimum absolute atomic E-state index is 0.437. The number of nitrogens with one attached hydrogen (secondary N) is 1. The fourth-order valence-corrected chi connectivity index (χ4v) is 3.85. The highest BCUT2D eigenvalue weighted by Gasteiger charge is 2.38. The molecular formula is C15H19N3O2S. The van der Waals surface area contributed by atoms with Crippen LogP contribution < -0.4 is 5.32 Å². The number of carbonyl (C=O) groups is 1. The van der Waals surface area contributed by atoms with Gasteiger partial charge >= 0.3 is 5.97 Å². The molecule has 0 unspecified atom stereocenters. The van der Waals surface area contributed by atoms with E-state index in [1.54, 1.807) is 11.3 Å². The number of fused-ring (bicyclic) bond motifs is 1. The van der Waals surface area contributed by atoms with Gasteiger partial charge < -0.3 is 10.4 Å². The molecule has 2 heterocycles. The summed E-state index contributed by atoms with van der Waals surface area (Å²) in [5.41, 5.74) is 0.244. The quantitative estimate of drug-likeness (QED) is 0.845. The zero-order valence-corrected chi connectivity index (χ0v) is 12.7. The maximum absolute atomic E-state index is 11.8. The molecule has 0 saturated heterocycles. The first-order chi connectivity index (χ1) is 10.2. The highest BCUT2D eigenvalue weighted by atomic mass is 32.1. The van der Waals surface area contributed by atoms with Gasteiger partial charge in [0.15, 0.2) is 0 Å². The summed E-state index contributed by atoms with van der Waals surface area (Å²) in [7, 11) is 0. The molecule has 3 rings (SSSR count). The van der Waals surface area contributed by atoms with Crippen LogP contribution in [0.5, 0.6) is 0 Å². The highest BCUT2D eigenvalue weighted by molar-refractivity contribution is 7.17. The predicted octanol–water partition coefficient (Wildman–Crippen LogP) is 3.53. The van der Waals surface area contributed by atoms with Crippen molar-refractivity contribution in [2.45, 2.75) is 38.5 Å². The Kier molecular flexibility index (Phi) is 4.05. The van der Waals surface area contributed by atoms with Crippen molar-refractivity contribution < 1.29 is 9.90 Å². The number of carboxylic acids is 1. The summed E-state index contributed by atoms with van der Waals surface area (Å²) in [6.45, 7) is 0.437. The SMILES string of the molecule is O=C(O)C1(CNc2ncnc3ccsc23)CCCCCC1. The standard InChI is InChI=1S/C15H19N3O2S/c19-14(20)15(6-3-1-2-4-7-15)9-16-13-12-11(5-8-21-12)17-10-18-13/h5,8,10H,1-4,6-7,9H2,(H,19,20)(H,16,17,18). The number of anilines is 1. The molecule has 112 valence electrons. The summed E-state index contributed by atoms with van der Waals surface area (Å²) in [6, 6.07) is 1.95. The zero-order chi connectivity index (χ0) is 14.7. The van der Waals surface area contributed by atoms with Gasteiger partial charge in [-0.3, -0.25) is 4.79 Å². The number of aliphatic carboxylic acids is 1. The van der Waals surface area contributed by atoms with Crippen LogP contribution in [0.3, 0.4) is 0 Å². The second-order valence-electron chi connectivity index (χ2n) is 5.71. The van der Waals surface area contributed by atoms with Gasteiger partial charge in [0.05, 0.1) is 15.6 Å². The van der Waals surface area contributed by atoms with Crippen LogP contribution in [0, 0.1) is 5.41 Å². The van der Waals surface area contributed by atoms with Crippen molar-refractivity contribution in [1.29, 1.82) is 0 Å². The van der Waals surface area contributed by atoms with Crippen LogP contribution >= 0.6 is 11.3 Å². The number of rotatable bonds is 4. The Labute approximate surface area is 127 Å². The number of thiophene rings is 1. The average Bonchev–Trinajstić information content (AvgIpc) is 2.83. The summed E-state index contributed by atoms with van der Waals surface area (Å²) >= 11 is 1.58. The number of carboxylic acid groups (broad SMARTS) is 1. The number of hydrogen-bond acceptors (Lipinski definition) is 5. The lowest BCUT2D eigenvalue weighted by molar-refractivity contribution is -0.149. The van der Waals surface area contributed by atoms with Gasteiger partial charge in [-0.15, -0.1) is 11.3 Å². The fourth-order valence-electron chi connectivity index (χ4n) is 3.04. The van der Waals surface area contributed by atoms with E-state index in [0.717, 1.165) is 54.6 Å². The van der Waals surface area contributed by atoms with Crippen molar-refractivity contribution in [3.8, 4) is 0 Å². The molecule has 2 aromatic heterocycles. The summed E-state index contributed by atoms with van der Waals surface area (Å²) in [5, 5.41) is 14.9. The molecule has 0 aromatic carbocycles. The molecule has 1 aliphatic rings. The van der Waals surface area contributed by atoms with E-state index in [4.69, 9.17) is 0 Å². The Bertz CT molecular complexity index is 633. The molecule has 2 N–H and O–H groups in total. The maximum atomic E-state index is 11.8.